The fourth-order valence-corrected chi connectivity index (χ4v) is 4.89. The molecule has 0 bridgehead atoms. The molecule has 4 rings (SSSR count). The van der Waals surface area contributed by atoms with Crippen molar-refractivity contribution in [1.82, 2.24) is 10.2 Å². The number of nitrogens with one attached hydrogen (secondary N) is 1. The van der Waals surface area contributed by atoms with E-state index >= 15 is 0 Å². The molecule has 36 heavy (non-hydrogen) atoms. The van der Waals surface area contributed by atoms with Crippen molar-refractivity contribution in [1.29, 1.82) is 0 Å². The largest absolute Gasteiger partial charge is 0.497 e. The number of ether oxygens (including phenoxy) is 4. The zero-order valence-corrected chi connectivity index (χ0v) is 21.5. The van der Waals surface area contributed by atoms with Gasteiger partial charge in [0.25, 0.3) is 5.91 Å². The van der Waals surface area contributed by atoms with E-state index in [2.05, 4.69) is 35.3 Å². The topological polar surface area (TPSA) is 69.3 Å². The minimum atomic E-state index is -0.181. The molecule has 1 heterocycles. The van der Waals surface area contributed by atoms with Crippen molar-refractivity contribution in [3.8, 4) is 23.0 Å². The predicted molar refractivity (Wildman–Crippen MR) is 139 cm³/mol. The van der Waals surface area contributed by atoms with Gasteiger partial charge in [0.2, 0.25) is 0 Å². The number of carbonyl (C=O) groups is 1. The molecule has 3 aromatic rings. The molecule has 190 valence electrons. The van der Waals surface area contributed by atoms with E-state index < -0.39 is 0 Å². The number of fused-ring (bicyclic) bond motifs is 1. The van der Waals surface area contributed by atoms with Crippen LogP contribution in [0.5, 0.6) is 23.0 Å². The lowest BCUT2D eigenvalue weighted by Gasteiger charge is -2.41. The summed E-state index contributed by atoms with van der Waals surface area (Å²) in [5, 5.41) is 3.23. The Balaban J connectivity index is 1.66. The average Bonchev–Trinajstić information content (AvgIpc) is 2.92. The van der Waals surface area contributed by atoms with Crippen molar-refractivity contribution in [3.63, 3.8) is 0 Å². The van der Waals surface area contributed by atoms with Gasteiger partial charge < -0.3 is 24.3 Å². The summed E-state index contributed by atoms with van der Waals surface area (Å²) < 4.78 is 21.8. The molecule has 0 unspecified atom stereocenters. The average molecular weight is 491 g/mol. The molecular formula is C29H34N2O5. The van der Waals surface area contributed by atoms with Gasteiger partial charge in [-0.15, -0.1) is 0 Å². The monoisotopic (exact) mass is 490 g/mol. The van der Waals surface area contributed by atoms with E-state index in [0.29, 0.717) is 22.8 Å². The van der Waals surface area contributed by atoms with Gasteiger partial charge in [0.15, 0.2) is 11.5 Å². The van der Waals surface area contributed by atoms with Crippen molar-refractivity contribution >= 4 is 5.91 Å². The lowest BCUT2D eigenvalue weighted by atomic mass is 9.87. The Hall–Kier alpha value is -3.71. The number of carbonyl (C=O) groups excluding carboxylic acids is 1. The molecule has 0 fully saturated rings. The van der Waals surface area contributed by atoms with Crippen LogP contribution < -0.4 is 24.3 Å². The van der Waals surface area contributed by atoms with Crippen LogP contribution in [0.3, 0.4) is 0 Å². The van der Waals surface area contributed by atoms with Gasteiger partial charge in [0, 0.05) is 24.7 Å². The van der Waals surface area contributed by atoms with Gasteiger partial charge in [-0.2, -0.15) is 0 Å². The Bertz CT molecular complexity index is 1190. The Labute approximate surface area is 212 Å². The van der Waals surface area contributed by atoms with Crippen LogP contribution in [-0.4, -0.2) is 51.8 Å². The van der Waals surface area contributed by atoms with Crippen molar-refractivity contribution in [2.45, 2.75) is 32.0 Å². The molecule has 1 aliphatic rings. The highest BCUT2D eigenvalue weighted by atomic mass is 16.5. The zero-order chi connectivity index (χ0) is 25.7. The fourth-order valence-electron chi connectivity index (χ4n) is 4.89. The van der Waals surface area contributed by atoms with Crippen molar-refractivity contribution in [3.05, 3.63) is 82.9 Å². The molecular weight excluding hydrogens is 456 g/mol. The molecule has 0 saturated carbocycles. The van der Waals surface area contributed by atoms with Gasteiger partial charge in [0.1, 0.15) is 11.5 Å². The number of nitrogens with zero attached hydrogens (tertiary/aromatic N) is 1. The maximum absolute atomic E-state index is 13.2. The second-order valence-electron chi connectivity index (χ2n) is 8.91. The van der Waals surface area contributed by atoms with Gasteiger partial charge in [-0.3, -0.25) is 9.69 Å². The van der Waals surface area contributed by atoms with E-state index in [9.17, 15) is 4.79 Å². The Kier molecular flexibility index (Phi) is 8.00. The third kappa shape index (κ3) is 5.41. The molecule has 2 atom stereocenters. The molecule has 1 aliphatic heterocycles. The number of hydrogen-bond donors (Lipinski definition) is 1. The van der Waals surface area contributed by atoms with E-state index in [0.717, 1.165) is 30.8 Å². The summed E-state index contributed by atoms with van der Waals surface area (Å²) in [5.41, 5.74) is 4.07. The SMILES string of the molecule is COc1ccc(CN2CCc3cc(OC)c(OC)cc3[C@H]2[C@@H](C)NC(=O)c2cccc(OC)c2)cc1. The van der Waals surface area contributed by atoms with E-state index in [4.69, 9.17) is 18.9 Å². The first kappa shape index (κ1) is 25.4. The number of rotatable bonds is 9. The second-order valence-corrected chi connectivity index (χ2v) is 8.91. The molecule has 3 aromatic carbocycles. The quantitative estimate of drug-likeness (QED) is 0.471. The molecule has 0 aromatic heterocycles. The summed E-state index contributed by atoms with van der Waals surface area (Å²) >= 11 is 0. The predicted octanol–water partition coefficient (Wildman–Crippen LogP) is 4.64. The van der Waals surface area contributed by atoms with E-state index in [1.54, 1.807) is 40.6 Å². The maximum atomic E-state index is 13.2. The number of amides is 1. The van der Waals surface area contributed by atoms with Gasteiger partial charge in [-0.05, 0) is 72.5 Å². The zero-order valence-electron chi connectivity index (χ0n) is 21.5. The van der Waals surface area contributed by atoms with Crippen LogP contribution in [0, 0.1) is 0 Å². The number of methoxy groups -OCH3 is 4. The smallest absolute Gasteiger partial charge is 0.251 e. The number of benzene rings is 3. The number of hydrogen-bond acceptors (Lipinski definition) is 6. The van der Waals surface area contributed by atoms with Crippen molar-refractivity contribution in [2.75, 3.05) is 35.0 Å². The first-order chi connectivity index (χ1) is 17.5. The minimum Gasteiger partial charge on any atom is -0.497 e. The lowest BCUT2D eigenvalue weighted by Crippen LogP contribution is -2.47. The van der Waals surface area contributed by atoms with Crippen molar-refractivity contribution < 1.29 is 23.7 Å². The first-order valence-corrected chi connectivity index (χ1v) is 12.0. The standard InChI is InChI=1S/C29H34N2O5/c1-19(30-29(32)22-7-6-8-24(15-22)34-3)28-25-17-27(36-5)26(35-4)16-21(25)13-14-31(28)18-20-9-11-23(33-2)12-10-20/h6-12,15-17,19,28H,13-14,18H2,1-5H3,(H,30,32)/t19-,28-/m1/s1. The maximum Gasteiger partial charge on any atom is 0.251 e. The van der Waals surface area contributed by atoms with Crippen LogP contribution in [0.15, 0.2) is 60.7 Å². The summed E-state index contributed by atoms with van der Waals surface area (Å²) in [7, 11) is 6.56. The highest BCUT2D eigenvalue weighted by Gasteiger charge is 2.34. The fraction of sp³-hybridized carbons (Fsp3) is 0.345. The molecule has 7 heteroatoms. The third-order valence-corrected chi connectivity index (χ3v) is 6.73. The van der Waals surface area contributed by atoms with E-state index in [-0.39, 0.29) is 18.0 Å². The Morgan fingerprint density at radius 2 is 1.61 bits per heavy atom. The molecule has 1 N–H and O–H groups in total. The summed E-state index contributed by atoms with van der Waals surface area (Å²) in [6.07, 6.45) is 0.874. The highest BCUT2D eigenvalue weighted by molar-refractivity contribution is 5.94. The summed E-state index contributed by atoms with van der Waals surface area (Å²) in [4.78, 5) is 15.6. The van der Waals surface area contributed by atoms with Gasteiger partial charge in [-0.1, -0.05) is 18.2 Å². The molecule has 0 saturated heterocycles. The van der Waals surface area contributed by atoms with Crippen LogP contribution >= 0.6 is 0 Å². The normalized spacial score (nSPS) is 16.0. The molecule has 0 aliphatic carbocycles. The molecule has 0 radical (unpaired) electrons. The Morgan fingerprint density at radius 3 is 2.28 bits per heavy atom. The highest BCUT2D eigenvalue weighted by Crippen LogP contribution is 2.40. The summed E-state index contributed by atoms with van der Waals surface area (Å²) in [5.74, 6) is 2.73. The lowest BCUT2D eigenvalue weighted by molar-refractivity contribution is 0.0877. The van der Waals surface area contributed by atoms with Crippen LogP contribution in [0.25, 0.3) is 0 Å². The van der Waals surface area contributed by atoms with E-state index in [1.165, 1.54) is 11.1 Å². The van der Waals surface area contributed by atoms with E-state index in [1.807, 2.05) is 30.3 Å². The second kappa shape index (κ2) is 11.4. The summed E-state index contributed by atoms with van der Waals surface area (Å²) in [6, 6.07) is 19.2. The van der Waals surface area contributed by atoms with Crippen LogP contribution in [0.2, 0.25) is 0 Å². The van der Waals surface area contributed by atoms with Gasteiger partial charge in [-0.25, -0.2) is 0 Å². The molecule has 1 amide bonds. The van der Waals surface area contributed by atoms with Crippen LogP contribution in [-0.2, 0) is 13.0 Å². The molecule has 7 nitrogen and oxygen atoms in total. The third-order valence-electron chi connectivity index (χ3n) is 6.73. The van der Waals surface area contributed by atoms with Gasteiger partial charge >= 0.3 is 0 Å². The van der Waals surface area contributed by atoms with Gasteiger partial charge in [0.05, 0.1) is 34.5 Å². The van der Waals surface area contributed by atoms with Crippen LogP contribution in [0.4, 0.5) is 0 Å². The first-order valence-electron chi connectivity index (χ1n) is 12.0. The summed E-state index contributed by atoms with van der Waals surface area (Å²) in [6.45, 7) is 3.63. The molecule has 0 spiro atoms. The van der Waals surface area contributed by atoms with Crippen molar-refractivity contribution in [2.24, 2.45) is 0 Å². The van der Waals surface area contributed by atoms with Crippen LogP contribution in [0.1, 0.15) is 40.0 Å². The Morgan fingerprint density at radius 1 is 0.917 bits per heavy atom. The minimum absolute atomic E-state index is 0.0646.